The molecule has 2 fully saturated rings. The number of carbonyl (C=O) groups excluding carboxylic acids is 3. The van der Waals surface area contributed by atoms with Gasteiger partial charge in [0.2, 0.25) is 11.8 Å². The van der Waals surface area contributed by atoms with E-state index in [0.29, 0.717) is 46.4 Å². The van der Waals surface area contributed by atoms with Crippen molar-refractivity contribution in [2.75, 3.05) is 6.54 Å². The summed E-state index contributed by atoms with van der Waals surface area (Å²) in [5.41, 5.74) is 0.804. The third-order valence-corrected chi connectivity index (χ3v) is 6.42. The molecule has 1 aromatic heterocycles. The first-order valence-corrected chi connectivity index (χ1v) is 11.2. The van der Waals surface area contributed by atoms with Gasteiger partial charge in [0.15, 0.2) is 5.82 Å². The van der Waals surface area contributed by atoms with E-state index in [9.17, 15) is 19.6 Å². The molecule has 0 spiro atoms. The standard InChI is InChI=1S/C21H22Cl2N6O3/c22-13-3-4-14(23)17-16(13)28-18(29-17)21(32)27-15(7-10-1-2-10)20(31)26-12(9-24)8-11-5-6-25-19(11)30/h3-4,10-12,15H,1-2,5-8H2,(H,25,30)(H,26,31)(H,27,32)(H,28,29)/t11-,12-,15-/m0/s1. The molecule has 2 heterocycles. The number of fused-ring (bicyclic) bond motifs is 1. The van der Waals surface area contributed by atoms with Gasteiger partial charge >= 0.3 is 0 Å². The summed E-state index contributed by atoms with van der Waals surface area (Å²) in [6, 6.07) is 3.58. The number of aromatic amines is 1. The van der Waals surface area contributed by atoms with Gasteiger partial charge in [0.1, 0.15) is 17.6 Å². The largest absolute Gasteiger partial charge is 0.356 e. The lowest BCUT2D eigenvalue weighted by atomic mass is 9.98. The van der Waals surface area contributed by atoms with Crippen molar-refractivity contribution in [1.82, 2.24) is 25.9 Å². The van der Waals surface area contributed by atoms with Crippen molar-refractivity contribution in [3.05, 3.63) is 28.0 Å². The van der Waals surface area contributed by atoms with Crippen LogP contribution in [0.5, 0.6) is 0 Å². The van der Waals surface area contributed by atoms with E-state index in [1.54, 1.807) is 12.1 Å². The zero-order valence-corrected chi connectivity index (χ0v) is 18.6. The van der Waals surface area contributed by atoms with Gasteiger partial charge in [0, 0.05) is 12.5 Å². The van der Waals surface area contributed by atoms with E-state index >= 15 is 0 Å². The Morgan fingerprint density at radius 3 is 2.56 bits per heavy atom. The lowest BCUT2D eigenvalue weighted by Gasteiger charge is -2.21. The SMILES string of the molecule is N#C[C@H](C[C@@H]1CCNC1=O)NC(=O)[C@H](CC1CC1)NC(=O)c1nc2c(Cl)ccc(Cl)c2[nH]1. The molecular formula is C21H22Cl2N6O3. The van der Waals surface area contributed by atoms with E-state index in [0.717, 1.165) is 12.8 Å². The maximum absolute atomic E-state index is 12.9. The van der Waals surface area contributed by atoms with Gasteiger partial charge in [0.05, 0.1) is 21.6 Å². The third kappa shape index (κ3) is 4.97. The van der Waals surface area contributed by atoms with Crippen LogP contribution in [0.3, 0.4) is 0 Å². The Morgan fingerprint density at radius 2 is 1.94 bits per heavy atom. The summed E-state index contributed by atoms with van der Waals surface area (Å²) in [7, 11) is 0. The Kier molecular flexibility index (Phi) is 6.53. The van der Waals surface area contributed by atoms with Crippen molar-refractivity contribution in [2.45, 2.75) is 44.2 Å². The van der Waals surface area contributed by atoms with Crippen molar-refractivity contribution >= 4 is 52.0 Å². The van der Waals surface area contributed by atoms with E-state index in [4.69, 9.17) is 23.2 Å². The lowest BCUT2D eigenvalue weighted by molar-refractivity contribution is -0.125. The highest BCUT2D eigenvalue weighted by Gasteiger charge is 2.33. The van der Waals surface area contributed by atoms with Gasteiger partial charge in [-0.15, -0.1) is 0 Å². The van der Waals surface area contributed by atoms with E-state index in [1.807, 2.05) is 6.07 Å². The lowest BCUT2D eigenvalue weighted by Crippen LogP contribution is -2.50. The molecule has 1 saturated heterocycles. The molecule has 1 aromatic carbocycles. The Balaban J connectivity index is 1.45. The number of nitrogens with one attached hydrogen (secondary N) is 4. The smallest absolute Gasteiger partial charge is 0.287 e. The van der Waals surface area contributed by atoms with Crippen LogP contribution in [-0.4, -0.2) is 46.3 Å². The minimum Gasteiger partial charge on any atom is -0.356 e. The fourth-order valence-electron chi connectivity index (χ4n) is 3.85. The number of rotatable bonds is 8. The molecule has 3 atom stereocenters. The number of amides is 3. The van der Waals surface area contributed by atoms with E-state index < -0.39 is 23.9 Å². The number of nitrogens with zero attached hydrogens (tertiary/aromatic N) is 2. The highest BCUT2D eigenvalue weighted by Crippen LogP contribution is 2.34. The van der Waals surface area contributed by atoms with E-state index in [1.165, 1.54) is 0 Å². The van der Waals surface area contributed by atoms with Gasteiger partial charge in [-0.1, -0.05) is 36.0 Å². The average molecular weight is 477 g/mol. The molecule has 11 heteroatoms. The van der Waals surface area contributed by atoms with Crippen molar-refractivity contribution in [3.63, 3.8) is 0 Å². The highest BCUT2D eigenvalue weighted by atomic mass is 35.5. The fourth-order valence-corrected chi connectivity index (χ4v) is 4.25. The summed E-state index contributed by atoms with van der Waals surface area (Å²) < 4.78 is 0. The first-order valence-electron chi connectivity index (χ1n) is 10.5. The molecule has 9 nitrogen and oxygen atoms in total. The van der Waals surface area contributed by atoms with Gasteiger partial charge in [-0.3, -0.25) is 14.4 Å². The Hall–Kier alpha value is -2.83. The molecule has 0 unspecified atom stereocenters. The number of halogens is 2. The van der Waals surface area contributed by atoms with Crippen LogP contribution in [0.4, 0.5) is 0 Å². The molecule has 32 heavy (non-hydrogen) atoms. The zero-order valence-electron chi connectivity index (χ0n) is 17.1. The number of nitriles is 1. The Labute approximate surface area is 194 Å². The van der Waals surface area contributed by atoms with Gasteiger partial charge in [-0.2, -0.15) is 5.26 Å². The molecule has 2 aromatic rings. The maximum atomic E-state index is 12.9. The minimum atomic E-state index is -0.831. The summed E-state index contributed by atoms with van der Waals surface area (Å²) in [6.45, 7) is 0.571. The molecule has 4 N–H and O–H groups in total. The molecule has 2 aliphatic rings. The Morgan fingerprint density at radius 1 is 1.19 bits per heavy atom. The summed E-state index contributed by atoms with van der Waals surface area (Å²) in [6.07, 6.45) is 3.30. The zero-order chi connectivity index (χ0) is 22.8. The van der Waals surface area contributed by atoms with Gasteiger partial charge in [-0.05, 0) is 37.3 Å². The monoisotopic (exact) mass is 476 g/mol. The molecule has 1 aliphatic carbocycles. The number of imidazole rings is 1. The molecule has 3 amide bonds. The predicted octanol–water partition coefficient (Wildman–Crippen LogP) is 2.30. The quantitative estimate of drug-likeness (QED) is 0.462. The van der Waals surface area contributed by atoms with Crippen molar-refractivity contribution in [1.29, 1.82) is 5.26 Å². The summed E-state index contributed by atoms with van der Waals surface area (Å²) in [5, 5.41) is 18.3. The average Bonchev–Trinajstić information content (AvgIpc) is 3.31. The van der Waals surface area contributed by atoms with Crippen LogP contribution in [0.25, 0.3) is 11.0 Å². The molecule has 1 saturated carbocycles. The van der Waals surface area contributed by atoms with Crippen LogP contribution in [0.1, 0.15) is 42.7 Å². The molecule has 168 valence electrons. The summed E-state index contributed by atoms with van der Waals surface area (Å²) in [4.78, 5) is 44.6. The van der Waals surface area contributed by atoms with Crippen molar-refractivity contribution < 1.29 is 14.4 Å². The fraction of sp³-hybridized carbons (Fsp3) is 0.476. The normalized spacial score (nSPS) is 19.8. The number of hydrogen-bond acceptors (Lipinski definition) is 5. The number of aromatic nitrogens is 2. The Bertz CT molecular complexity index is 1070. The predicted molar refractivity (Wildman–Crippen MR) is 118 cm³/mol. The van der Waals surface area contributed by atoms with E-state index in [2.05, 4.69) is 25.9 Å². The van der Waals surface area contributed by atoms with Crippen molar-refractivity contribution in [3.8, 4) is 6.07 Å². The van der Waals surface area contributed by atoms with Gasteiger partial charge in [0.25, 0.3) is 5.91 Å². The molecule has 1 aliphatic heterocycles. The van der Waals surface area contributed by atoms with Crippen LogP contribution < -0.4 is 16.0 Å². The van der Waals surface area contributed by atoms with Crippen molar-refractivity contribution in [2.24, 2.45) is 11.8 Å². The second kappa shape index (κ2) is 9.35. The second-order valence-electron chi connectivity index (χ2n) is 8.25. The van der Waals surface area contributed by atoms with Crippen LogP contribution in [-0.2, 0) is 9.59 Å². The highest BCUT2D eigenvalue weighted by molar-refractivity contribution is 6.39. The second-order valence-corrected chi connectivity index (χ2v) is 9.06. The third-order valence-electron chi connectivity index (χ3n) is 5.80. The molecule has 0 bridgehead atoms. The first-order chi connectivity index (χ1) is 15.4. The molecule has 4 rings (SSSR count). The van der Waals surface area contributed by atoms with Gasteiger partial charge < -0.3 is 20.9 Å². The number of H-pyrrole nitrogens is 1. The van der Waals surface area contributed by atoms with Crippen LogP contribution >= 0.6 is 23.2 Å². The number of benzene rings is 1. The number of hydrogen-bond donors (Lipinski definition) is 4. The van der Waals surface area contributed by atoms with E-state index in [-0.39, 0.29) is 24.1 Å². The summed E-state index contributed by atoms with van der Waals surface area (Å²) >= 11 is 12.3. The maximum Gasteiger partial charge on any atom is 0.287 e. The minimum absolute atomic E-state index is 0.0111. The number of carbonyl (C=O) groups is 3. The van der Waals surface area contributed by atoms with Gasteiger partial charge in [-0.25, -0.2) is 4.98 Å². The first kappa shape index (κ1) is 22.4. The van der Waals surface area contributed by atoms with Crippen LogP contribution in [0.2, 0.25) is 10.0 Å². The summed E-state index contributed by atoms with van der Waals surface area (Å²) in [5.74, 6) is -1.11. The molecular weight excluding hydrogens is 455 g/mol. The molecule has 0 radical (unpaired) electrons. The topological polar surface area (TPSA) is 140 Å². The van der Waals surface area contributed by atoms with Crippen LogP contribution in [0, 0.1) is 23.2 Å². The van der Waals surface area contributed by atoms with Crippen LogP contribution in [0.15, 0.2) is 12.1 Å².